The van der Waals surface area contributed by atoms with Gasteiger partial charge in [0, 0.05) is 16.7 Å². The highest BCUT2D eigenvalue weighted by atomic mass is 79.9. The maximum absolute atomic E-state index is 12.6. The van der Waals surface area contributed by atoms with Crippen LogP contribution in [0.4, 0.5) is 18.9 Å². The summed E-state index contributed by atoms with van der Waals surface area (Å²) in [6.45, 7) is 0. The molecule has 0 amide bonds. The highest BCUT2D eigenvalue weighted by molar-refractivity contribution is 9.10. The van der Waals surface area contributed by atoms with Crippen LogP contribution in [0.2, 0.25) is 0 Å². The van der Waals surface area contributed by atoms with E-state index in [1.807, 2.05) is 0 Å². The second kappa shape index (κ2) is 5.68. The Kier molecular flexibility index (Phi) is 4.12. The smallest absolute Gasteiger partial charge is 0.416 e. The molecule has 0 aliphatic rings. The van der Waals surface area contributed by atoms with E-state index >= 15 is 0 Å². The van der Waals surface area contributed by atoms with Crippen LogP contribution in [-0.4, -0.2) is 9.91 Å². The molecule has 0 unspecified atom stereocenters. The van der Waals surface area contributed by atoms with E-state index in [1.165, 1.54) is 12.3 Å². The highest BCUT2D eigenvalue weighted by Gasteiger charge is 2.31. The Morgan fingerprint density at radius 1 is 1.29 bits per heavy atom. The lowest BCUT2D eigenvalue weighted by molar-refractivity contribution is -0.386. The number of hydrogen-bond donors (Lipinski definition) is 0. The summed E-state index contributed by atoms with van der Waals surface area (Å²) in [5.41, 5.74) is -1.37. The molecule has 0 aliphatic carbocycles. The van der Waals surface area contributed by atoms with Gasteiger partial charge >= 0.3 is 11.9 Å². The normalized spacial score (nSPS) is 11.2. The van der Waals surface area contributed by atoms with Crippen molar-refractivity contribution in [3.63, 3.8) is 0 Å². The van der Waals surface area contributed by atoms with Crippen molar-refractivity contribution in [1.82, 2.24) is 4.98 Å². The molecule has 9 heteroatoms. The molecule has 0 atom stereocenters. The molecule has 0 saturated heterocycles. The molecule has 1 heterocycles. The summed E-state index contributed by atoms with van der Waals surface area (Å²) in [6.07, 6.45) is -3.28. The molecule has 5 nitrogen and oxygen atoms in total. The molecular weight excluding hydrogens is 357 g/mol. The number of pyridine rings is 1. The van der Waals surface area contributed by atoms with Crippen LogP contribution in [0, 0.1) is 10.1 Å². The molecule has 0 N–H and O–H groups in total. The van der Waals surface area contributed by atoms with Crippen LogP contribution in [-0.2, 0) is 6.18 Å². The van der Waals surface area contributed by atoms with Gasteiger partial charge in [-0.05, 0) is 34.1 Å². The van der Waals surface area contributed by atoms with E-state index in [9.17, 15) is 23.3 Å². The van der Waals surface area contributed by atoms with Gasteiger partial charge < -0.3 is 4.74 Å². The average molecular weight is 363 g/mol. The van der Waals surface area contributed by atoms with Crippen molar-refractivity contribution in [2.45, 2.75) is 6.18 Å². The third-order valence-corrected chi connectivity index (χ3v) is 2.81. The number of halogens is 4. The quantitative estimate of drug-likeness (QED) is 0.592. The summed E-state index contributed by atoms with van der Waals surface area (Å²) in [4.78, 5) is 13.8. The maximum Gasteiger partial charge on any atom is 0.416 e. The van der Waals surface area contributed by atoms with Crippen molar-refractivity contribution in [2.24, 2.45) is 0 Å². The zero-order valence-electron chi connectivity index (χ0n) is 10.1. The Bertz CT molecular complexity index is 692. The summed E-state index contributed by atoms with van der Waals surface area (Å²) in [7, 11) is 0. The number of ether oxygens (including phenoxy) is 1. The monoisotopic (exact) mass is 362 g/mol. The van der Waals surface area contributed by atoms with Gasteiger partial charge in [0.15, 0.2) is 0 Å². The van der Waals surface area contributed by atoms with Gasteiger partial charge in [0.2, 0.25) is 0 Å². The van der Waals surface area contributed by atoms with E-state index in [0.29, 0.717) is 4.47 Å². The zero-order valence-corrected chi connectivity index (χ0v) is 11.7. The summed E-state index contributed by atoms with van der Waals surface area (Å²) >= 11 is 3.02. The van der Waals surface area contributed by atoms with Crippen molar-refractivity contribution in [3.8, 4) is 11.6 Å². The summed E-state index contributed by atoms with van der Waals surface area (Å²) in [6, 6.07) is 5.16. The van der Waals surface area contributed by atoms with Crippen LogP contribution < -0.4 is 4.74 Å². The molecule has 2 rings (SSSR count). The summed E-state index contributed by atoms with van der Waals surface area (Å²) in [5.74, 6) is -0.578. The molecule has 1 aromatic heterocycles. The first-order valence-corrected chi connectivity index (χ1v) is 6.22. The Balaban J connectivity index is 2.37. The lowest BCUT2D eigenvalue weighted by Crippen LogP contribution is -2.04. The van der Waals surface area contributed by atoms with Crippen LogP contribution in [0.15, 0.2) is 41.0 Å². The first kappa shape index (κ1) is 15.2. The van der Waals surface area contributed by atoms with Gasteiger partial charge in [0.25, 0.3) is 5.88 Å². The topological polar surface area (TPSA) is 65.3 Å². The standard InChI is InChI=1S/C12H6BrF3N2O3/c13-8-5-10(18(19)20)11(17-6-8)21-9-3-1-2-7(4-9)12(14,15)16/h1-6H. The van der Waals surface area contributed by atoms with Gasteiger partial charge in [-0.25, -0.2) is 4.98 Å². The van der Waals surface area contributed by atoms with E-state index < -0.39 is 22.4 Å². The second-order valence-corrected chi connectivity index (χ2v) is 4.78. The minimum absolute atomic E-state index is 0.192. The van der Waals surface area contributed by atoms with Crippen LogP contribution >= 0.6 is 15.9 Å². The Labute approximate surface area is 124 Å². The fraction of sp³-hybridized carbons (Fsp3) is 0.0833. The van der Waals surface area contributed by atoms with Crippen molar-refractivity contribution in [2.75, 3.05) is 0 Å². The van der Waals surface area contributed by atoms with Crippen molar-refractivity contribution >= 4 is 21.6 Å². The van der Waals surface area contributed by atoms with Crippen LogP contribution in [0.1, 0.15) is 5.56 Å². The average Bonchev–Trinajstić information content (AvgIpc) is 2.40. The maximum atomic E-state index is 12.6. The fourth-order valence-electron chi connectivity index (χ4n) is 1.47. The number of nitro groups is 1. The molecule has 2 aromatic rings. The van der Waals surface area contributed by atoms with Crippen molar-refractivity contribution < 1.29 is 22.8 Å². The summed E-state index contributed by atoms with van der Waals surface area (Å²) in [5, 5.41) is 10.9. The Hall–Kier alpha value is -2.16. The highest BCUT2D eigenvalue weighted by Crippen LogP contribution is 2.35. The third kappa shape index (κ3) is 3.69. The molecule has 110 valence electrons. The largest absolute Gasteiger partial charge is 0.434 e. The first-order valence-electron chi connectivity index (χ1n) is 5.42. The molecular formula is C12H6BrF3N2O3. The molecule has 0 bridgehead atoms. The number of aromatic nitrogens is 1. The number of benzene rings is 1. The lowest BCUT2D eigenvalue weighted by Gasteiger charge is -2.09. The van der Waals surface area contributed by atoms with Gasteiger partial charge in [-0.1, -0.05) is 6.07 Å². The van der Waals surface area contributed by atoms with E-state index in [1.54, 1.807) is 0 Å². The van der Waals surface area contributed by atoms with Gasteiger partial charge in [-0.15, -0.1) is 0 Å². The molecule has 0 spiro atoms. The molecule has 0 aliphatic heterocycles. The van der Waals surface area contributed by atoms with Gasteiger partial charge in [0.05, 0.1) is 10.5 Å². The zero-order chi connectivity index (χ0) is 15.6. The third-order valence-electron chi connectivity index (χ3n) is 2.37. The minimum atomic E-state index is -4.53. The Morgan fingerprint density at radius 2 is 2.00 bits per heavy atom. The molecule has 0 fully saturated rings. The first-order chi connectivity index (χ1) is 9.77. The number of nitrogens with zero attached hydrogens (tertiary/aromatic N) is 2. The second-order valence-electron chi connectivity index (χ2n) is 3.86. The van der Waals surface area contributed by atoms with E-state index in [4.69, 9.17) is 4.74 Å². The summed E-state index contributed by atoms with van der Waals surface area (Å²) < 4.78 is 43.2. The predicted molar refractivity (Wildman–Crippen MR) is 70.1 cm³/mol. The lowest BCUT2D eigenvalue weighted by atomic mass is 10.2. The predicted octanol–water partition coefficient (Wildman–Crippen LogP) is 4.56. The van der Waals surface area contributed by atoms with E-state index in [0.717, 1.165) is 24.3 Å². The van der Waals surface area contributed by atoms with Crippen LogP contribution in [0.5, 0.6) is 11.6 Å². The molecule has 21 heavy (non-hydrogen) atoms. The SMILES string of the molecule is O=[N+]([O-])c1cc(Br)cnc1Oc1cccc(C(F)(F)F)c1. The van der Waals surface area contributed by atoms with Gasteiger partial charge in [-0.3, -0.25) is 10.1 Å². The van der Waals surface area contributed by atoms with Crippen molar-refractivity contribution in [3.05, 3.63) is 56.7 Å². The fourth-order valence-corrected chi connectivity index (χ4v) is 1.79. The Morgan fingerprint density at radius 3 is 2.62 bits per heavy atom. The van der Waals surface area contributed by atoms with Gasteiger partial charge in [-0.2, -0.15) is 13.2 Å². The number of rotatable bonds is 3. The molecule has 1 aromatic carbocycles. The van der Waals surface area contributed by atoms with Crippen LogP contribution in [0.3, 0.4) is 0 Å². The van der Waals surface area contributed by atoms with E-state index in [2.05, 4.69) is 20.9 Å². The van der Waals surface area contributed by atoms with Crippen LogP contribution in [0.25, 0.3) is 0 Å². The number of hydrogen-bond acceptors (Lipinski definition) is 4. The number of alkyl halides is 3. The molecule has 0 radical (unpaired) electrons. The van der Waals surface area contributed by atoms with Crippen molar-refractivity contribution in [1.29, 1.82) is 0 Å². The van der Waals surface area contributed by atoms with E-state index in [-0.39, 0.29) is 11.6 Å². The van der Waals surface area contributed by atoms with Gasteiger partial charge in [0.1, 0.15) is 5.75 Å². The minimum Gasteiger partial charge on any atom is -0.434 e. The molecule has 0 saturated carbocycles.